The molecule has 2 atom stereocenters. The van der Waals surface area contributed by atoms with Gasteiger partial charge in [-0.15, -0.1) is 0 Å². The van der Waals surface area contributed by atoms with E-state index in [1.165, 1.54) is 12.8 Å². The summed E-state index contributed by atoms with van der Waals surface area (Å²) in [5.41, 5.74) is 3.22. The van der Waals surface area contributed by atoms with Crippen LogP contribution in [0.4, 0.5) is 0 Å². The molecule has 0 fully saturated rings. The van der Waals surface area contributed by atoms with Crippen molar-refractivity contribution in [2.45, 2.75) is 125 Å². The number of phenolic OH excluding ortho intramolecular Hbond substituents is 1. The smallest absolute Gasteiger partial charge is 0.342 e. The minimum atomic E-state index is -0.518. The molecule has 1 aromatic rings. The van der Waals surface area contributed by atoms with Gasteiger partial charge in [-0.2, -0.15) is 0 Å². The Morgan fingerprint density at radius 2 is 1.62 bits per heavy atom. The molecule has 0 aromatic heterocycles. The van der Waals surface area contributed by atoms with Crippen LogP contribution in [0, 0.1) is 18.8 Å². The molecule has 1 aromatic carbocycles. The van der Waals surface area contributed by atoms with Gasteiger partial charge in [0.2, 0.25) is 0 Å². The first kappa shape index (κ1) is 35.2. The second-order valence-corrected chi connectivity index (χ2v) is 12.2. The predicted molar refractivity (Wildman–Crippen MR) is 163 cm³/mol. The molecule has 0 bridgehead atoms. The highest BCUT2D eigenvalue weighted by Gasteiger charge is 2.31. The van der Waals surface area contributed by atoms with Crippen molar-refractivity contribution in [3.05, 3.63) is 33.9 Å². The zero-order valence-corrected chi connectivity index (χ0v) is 26.8. The van der Waals surface area contributed by atoms with E-state index in [-0.39, 0.29) is 36.0 Å². The minimum Gasteiger partial charge on any atom is -0.507 e. The number of rotatable bonds is 19. The second-order valence-electron chi connectivity index (χ2n) is 12.2. The minimum absolute atomic E-state index is 0.0492. The molecule has 2 rings (SSSR count). The summed E-state index contributed by atoms with van der Waals surface area (Å²) < 4.78 is 21.4. The van der Waals surface area contributed by atoms with Crippen molar-refractivity contribution in [1.82, 2.24) is 0 Å². The standard InChI is InChI=1S/C34H52O8/c1-22(2)42-30(36)19-24(4)13-11-9-8-10-12-14-25(5)20-40-29(35)18-16-23(3)15-17-27-32(37)31-28(21-41-34(31)38)26(6)33(27)39-7/h15,22,24-25,37H,8-14,16-21H2,1-7H3/b23-15+. The van der Waals surface area contributed by atoms with E-state index >= 15 is 0 Å². The third-order valence-electron chi connectivity index (χ3n) is 7.83. The lowest BCUT2D eigenvalue weighted by molar-refractivity contribution is -0.148. The monoisotopic (exact) mass is 588 g/mol. The molecule has 236 valence electrons. The number of benzene rings is 1. The van der Waals surface area contributed by atoms with Gasteiger partial charge < -0.3 is 24.1 Å². The third kappa shape index (κ3) is 11.3. The molecule has 1 aliphatic rings. The largest absolute Gasteiger partial charge is 0.507 e. The molecule has 0 amide bonds. The molecule has 8 heteroatoms. The zero-order valence-electron chi connectivity index (χ0n) is 26.8. The van der Waals surface area contributed by atoms with Crippen molar-refractivity contribution >= 4 is 17.9 Å². The molecule has 8 nitrogen and oxygen atoms in total. The Morgan fingerprint density at radius 3 is 2.26 bits per heavy atom. The molecule has 0 saturated heterocycles. The molecular weight excluding hydrogens is 536 g/mol. The molecule has 0 aliphatic carbocycles. The highest BCUT2D eigenvalue weighted by atomic mass is 16.5. The van der Waals surface area contributed by atoms with Crippen LogP contribution >= 0.6 is 0 Å². The van der Waals surface area contributed by atoms with Gasteiger partial charge in [-0.1, -0.05) is 64.0 Å². The van der Waals surface area contributed by atoms with Gasteiger partial charge in [0.05, 0.1) is 19.8 Å². The number of fused-ring (bicyclic) bond motifs is 1. The van der Waals surface area contributed by atoms with Crippen LogP contribution in [0.2, 0.25) is 0 Å². The Morgan fingerprint density at radius 1 is 0.976 bits per heavy atom. The quantitative estimate of drug-likeness (QED) is 0.0764. The van der Waals surface area contributed by atoms with Crippen LogP contribution in [0.5, 0.6) is 11.5 Å². The fourth-order valence-corrected chi connectivity index (χ4v) is 5.31. The van der Waals surface area contributed by atoms with Crippen LogP contribution in [0.15, 0.2) is 11.6 Å². The SMILES string of the molecule is COc1c(C)c2c(c(O)c1C/C=C(\C)CCC(=O)OCC(C)CCCCCCCC(C)CC(=O)OC(C)C)C(=O)OC2. The molecular formula is C34H52O8. The number of unbranched alkanes of at least 4 members (excludes halogenated alkanes) is 4. The fourth-order valence-electron chi connectivity index (χ4n) is 5.31. The van der Waals surface area contributed by atoms with E-state index in [9.17, 15) is 19.5 Å². The number of methoxy groups -OCH3 is 1. The van der Waals surface area contributed by atoms with E-state index in [0.29, 0.717) is 61.0 Å². The maximum Gasteiger partial charge on any atom is 0.342 e. The fraction of sp³-hybridized carbons (Fsp3) is 0.676. The van der Waals surface area contributed by atoms with Crippen molar-refractivity contribution in [2.75, 3.05) is 13.7 Å². The van der Waals surface area contributed by atoms with Gasteiger partial charge in [-0.05, 0) is 64.4 Å². The maximum atomic E-state index is 12.3. The third-order valence-corrected chi connectivity index (χ3v) is 7.83. The van der Waals surface area contributed by atoms with E-state index in [0.717, 1.165) is 43.2 Å². The van der Waals surface area contributed by atoms with Crippen LogP contribution in [0.25, 0.3) is 0 Å². The summed E-state index contributed by atoms with van der Waals surface area (Å²) in [6.07, 6.45) is 11.5. The van der Waals surface area contributed by atoms with E-state index in [4.69, 9.17) is 18.9 Å². The number of hydrogen-bond donors (Lipinski definition) is 1. The normalized spacial score (nSPS) is 14.4. The van der Waals surface area contributed by atoms with Gasteiger partial charge >= 0.3 is 17.9 Å². The number of carbonyl (C=O) groups excluding carboxylic acids is 3. The average Bonchev–Trinajstić information content (AvgIpc) is 3.32. The Bertz CT molecular complexity index is 1090. The first-order valence-corrected chi connectivity index (χ1v) is 15.5. The Kier molecular flexibility index (Phi) is 14.9. The van der Waals surface area contributed by atoms with Crippen molar-refractivity contribution in [3.63, 3.8) is 0 Å². The van der Waals surface area contributed by atoms with E-state index < -0.39 is 5.97 Å². The van der Waals surface area contributed by atoms with Gasteiger partial charge in [0, 0.05) is 24.0 Å². The number of hydrogen-bond acceptors (Lipinski definition) is 8. The van der Waals surface area contributed by atoms with Crippen molar-refractivity contribution in [1.29, 1.82) is 0 Å². The molecule has 1 heterocycles. The van der Waals surface area contributed by atoms with Crippen LogP contribution in [0.1, 0.15) is 126 Å². The first-order valence-electron chi connectivity index (χ1n) is 15.5. The summed E-state index contributed by atoms with van der Waals surface area (Å²) in [6.45, 7) is 12.3. The highest BCUT2D eigenvalue weighted by Crippen LogP contribution is 2.42. The van der Waals surface area contributed by atoms with Gasteiger partial charge in [0.25, 0.3) is 0 Å². The van der Waals surface area contributed by atoms with Crippen molar-refractivity contribution < 1.29 is 38.4 Å². The van der Waals surface area contributed by atoms with Crippen molar-refractivity contribution in [3.8, 4) is 11.5 Å². The summed E-state index contributed by atoms with van der Waals surface area (Å²) >= 11 is 0. The summed E-state index contributed by atoms with van der Waals surface area (Å²) in [5, 5.41) is 10.8. The second kappa shape index (κ2) is 17.8. The molecule has 42 heavy (non-hydrogen) atoms. The van der Waals surface area contributed by atoms with Crippen LogP contribution in [-0.2, 0) is 36.8 Å². The Labute approximate surface area is 252 Å². The maximum absolute atomic E-state index is 12.3. The summed E-state index contributed by atoms with van der Waals surface area (Å²) in [5.74, 6) is 0.312. The first-order chi connectivity index (χ1) is 19.9. The number of carbonyl (C=O) groups is 3. The average molecular weight is 589 g/mol. The lowest BCUT2D eigenvalue weighted by Gasteiger charge is -2.15. The molecule has 0 radical (unpaired) electrons. The Balaban J connectivity index is 1.62. The van der Waals surface area contributed by atoms with E-state index in [1.807, 2.05) is 33.8 Å². The number of aromatic hydroxyl groups is 1. The summed E-state index contributed by atoms with van der Waals surface area (Å²) in [7, 11) is 1.54. The predicted octanol–water partition coefficient (Wildman–Crippen LogP) is 7.54. The molecule has 1 aliphatic heterocycles. The van der Waals surface area contributed by atoms with Gasteiger partial charge in [0.1, 0.15) is 23.7 Å². The van der Waals surface area contributed by atoms with Gasteiger partial charge in [-0.25, -0.2) is 4.79 Å². The van der Waals surface area contributed by atoms with E-state index in [2.05, 4.69) is 13.8 Å². The lowest BCUT2D eigenvalue weighted by atomic mass is 9.94. The van der Waals surface area contributed by atoms with E-state index in [1.54, 1.807) is 7.11 Å². The number of phenols is 1. The van der Waals surface area contributed by atoms with Crippen molar-refractivity contribution in [2.24, 2.45) is 11.8 Å². The highest BCUT2D eigenvalue weighted by molar-refractivity contribution is 5.98. The zero-order chi connectivity index (χ0) is 31.2. The van der Waals surface area contributed by atoms with Crippen LogP contribution < -0.4 is 4.74 Å². The summed E-state index contributed by atoms with van der Waals surface area (Å²) in [4.78, 5) is 36.2. The van der Waals surface area contributed by atoms with Gasteiger partial charge in [-0.3, -0.25) is 9.59 Å². The summed E-state index contributed by atoms with van der Waals surface area (Å²) in [6, 6.07) is 0. The molecule has 2 unspecified atom stereocenters. The topological polar surface area (TPSA) is 108 Å². The van der Waals surface area contributed by atoms with Gasteiger partial charge in [0.15, 0.2) is 0 Å². The molecule has 0 saturated carbocycles. The lowest BCUT2D eigenvalue weighted by Crippen LogP contribution is -2.14. The number of ether oxygens (including phenoxy) is 4. The molecule has 0 spiro atoms. The number of esters is 3. The number of allylic oxidation sites excluding steroid dienone is 2. The van der Waals surface area contributed by atoms with Crippen LogP contribution in [0.3, 0.4) is 0 Å². The molecule has 1 N–H and O–H groups in total. The Hall–Kier alpha value is -3.03. The van der Waals surface area contributed by atoms with Crippen LogP contribution in [-0.4, -0.2) is 42.8 Å². The number of cyclic esters (lactones) is 1.